The summed E-state index contributed by atoms with van der Waals surface area (Å²) < 4.78 is 19.8. The molecule has 0 amide bonds. The minimum atomic E-state index is -0.478. The van der Waals surface area contributed by atoms with Crippen LogP contribution in [0.15, 0.2) is 28.7 Å². The van der Waals surface area contributed by atoms with Gasteiger partial charge in [-0.3, -0.25) is 0 Å². The molecule has 2 rings (SSSR count). The van der Waals surface area contributed by atoms with Crippen LogP contribution in [0.2, 0.25) is 5.02 Å². The van der Waals surface area contributed by atoms with Gasteiger partial charge in [0.05, 0.1) is 17.5 Å². The normalized spacial score (nSPS) is 12.3. The van der Waals surface area contributed by atoms with Crippen LogP contribution in [-0.2, 0) is 0 Å². The molecule has 0 bridgehead atoms. The Morgan fingerprint density at radius 3 is 2.48 bits per heavy atom. The van der Waals surface area contributed by atoms with Gasteiger partial charge in [0.2, 0.25) is 0 Å². The number of methoxy groups -OCH3 is 1. The minimum absolute atomic E-state index is 0.0569. The summed E-state index contributed by atoms with van der Waals surface area (Å²) in [4.78, 5) is 0. The van der Waals surface area contributed by atoms with Crippen molar-refractivity contribution in [2.45, 2.75) is 19.2 Å². The van der Waals surface area contributed by atoms with E-state index in [2.05, 4.69) is 15.9 Å². The van der Waals surface area contributed by atoms with Crippen LogP contribution in [0.5, 0.6) is 5.75 Å². The first-order valence-electron chi connectivity index (χ1n) is 6.29. The quantitative estimate of drug-likeness (QED) is 0.566. The van der Waals surface area contributed by atoms with Gasteiger partial charge < -0.3 is 4.74 Å². The predicted octanol–water partition coefficient (Wildman–Crippen LogP) is 6.20. The zero-order valence-electron chi connectivity index (χ0n) is 11.8. The summed E-state index contributed by atoms with van der Waals surface area (Å²) in [5, 5.41) is -0.421. The van der Waals surface area contributed by atoms with Crippen LogP contribution in [0.1, 0.15) is 27.6 Å². The predicted molar refractivity (Wildman–Crippen MR) is 89.3 cm³/mol. The summed E-state index contributed by atoms with van der Waals surface area (Å²) in [5.41, 5.74) is 3.54. The third-order valence-electron chi connectivity index (χ3n) is 3.40. The maximum atomic E-state index is 13.3. The molecule has 1 unspecified atom stereocenters. The third kappa shape index (κ3) is 3.20. The largest absolute Gasteiger partial charge is 0.496 e. The van der Waals surface area contributed by atoms with Crippen molar-refractivity contribution in [1.82, 2.24) is 0 Å². The highest BCUT2D eigenvalue weighted by atomic mass is 79.9. The number of benzene rings is 2. The van der Waals surface area contributed by atoms with Gasteiger partial charge >= 0.3 is 0 Å². The Morgan fingerprint density at radius 2 is 1.90 bits per heavy atom. The Labute approximate surface area is 142 Å². The monoisotopic (exact) mass is 390 g/mol. The van der Waals surface area contributed by atoms with E-state index in [1.807, 2.05) is 19.9 Å². The molecule has 0 aliphatic rings. The molecule has 2 aromatic rings. The highest BCUT2D eigenvalue weighted by molar-refractivity contribution is 9.10. The van der Waals surface area contributed by atoms with Crippen LogP contribution in [0.3, 0.4) is 0 Å². The molecule has 0 saturated heterocycles. The second kappa shape index (κ2) is 6.55. The summed E-state index contributed by atoms with van der Waals surface area (Å²) in [6.07, 6.45) is 0. The van der Waals surface area contributed by atoms with Crippen molar-refractivity contribution in [2.24, 2.45) is 0 Å². The third-order valence-corrected chi connectivity index (χ3v) is 4.99. The lowest BCUT2D eigenvalue weighted by atomic mass is 9.96. The van der Waals surface area contributed by atoms with Crippen LogP contribution < -0.4 is 4.74 Å². The lowest BCUT2D eigenvalue weighted by molar-refractivity contribution is 0.406. The summed E-state index contributed by atoms with van der Waals surface area (Å²) in [5.74, 6) is 0.273. The van der Waals surface area contributed by atoms with Gasteiger partial charge in [-0.15, -0.1) is 11.6 Å². The van der Waals surface area contributed by atoms with Crippen molar-refractivity contribution in [1.29, 1.82) is 0 Å². The SMILES string of the molecule is COc1c(C)cc(Br)c(C)c1C(Cl)c1ccc(F)c(Cl)c1. The summed E-state index contributed by atoms with van der Waals surface area (Å²) in [6, 6.07) is 6.48. The number of aryl methyl sites for hydroxylation is 1. The van der Waals surface area contributed by atoms with Crippen LogP contribution in [0.4, 0.5) is 4.39 Å². The molecule has 0 aliphatic carbocycles. The van der Waals surface area contributed by atoms with Crippen LogP contribution in [-0.4, -0.2) is 7.11 Å². The van der Waals surface area contributed by atoms with Gasteiger partial charge in [0, 0.05) is 10.0 Å². The number of halogens is 4. The number of rotatable bonds is 3. The molecular formula is C16H14BrCl2FO. The Bertz CT molecular complexity index is 688. The van der Waals surface area contributed by atoms with Crippen molar-refractivity contribution >= 4 is 39.1 Å². The summed E-state index contributed by atoms with van der Waals surface area (Å²) in [7, 11) is 1.61. The smallest absolute Gasteiger partial charge is 0.141 e. The fourth-order valence-electron chi connectivity index (χ4n) is 2.29. The van der Waals surface area contributed by atoms with E-state index in [0.29, 0.717) is 0 Å². The second-order valence-corrected chi connectivity index (χ2v) is 6.48. The molecule has 1 atom stereocenters. The average molecular weight is 392 g/mol. The molecular weight excluding hydrogens is 378 g/mol. The number of hydrogen-bond acceptors (Lipinski definition) is 1. The molecule has 2 aromatic carbocycles. The van der Waals surface area contributed by atoms with Crippen molar-refractivity contribution in [2.75, 3.05) is 7.11 Å². The van der Waals surface area contributed by atoms with Gasteiger partial charge in [0.25, 0.3) is 0 Å². The Kier molecular flexibility index (Phi) is 5.18. The highest BCUT2D eigenvalue weighted by Gasteiger charge is 2.22. The van der Waals surface area contributed by atoms with Crippen LogP contribution >= 0.6 is 39.1 Å². The van der Waals surface area contributed by atoms with E-state index in [-0.39, 0.29) is 5.02 Å². The van der Waals surface area contributed by atoms with Gasteiger partial charge in [0.1, 0.15) is 11.6 Å². The zero-order valence-corrected chi connectivity index (χ0v) is 14.9. The van der Waals surface area contributed by atoms with Crippen molar-refractivity contribution < 1.29 is 9.13 Å². The van der Waals surface area contributed by atoms with Crippen molar-refractivity contribution in [3.8, 4) is 5.75 Å². The van der Waals surface area contributed by atoms with Crippen molar-refractivity contribution in [3.63, 3.8) is 0 Å². The average Bonchev–Trinajstić information content (AvgIpc) is 2.44. The number of hydrogen-bond donors (Lipinski definition) is 0. The van der Waals surface area contributed by atoms with E-state index in [9.17, 15) is 4.39 Å². The van der Waals surface area contributed by atoms with E-state index in [1.54, 1.807) is 19.2 Å². The minimum Gasteiger partial charge on any atom is -0.496 e. The molecule has 0 fully saturated rings. The molecule has 0 heterocycles. The number of alkyl halides is 1. The van der Waals surface area contributed by atoms with Gasteiger partial charge in [-0.25, -0.2) is 4.39 Å². The van der Waals surface area contributed by atoms with E-state index in [4.69, 9.17) is 27.9 Å². The fraction of sp³-hybridized carbons (Fsp3) is 0.250. The molecule has 0 aliphatic heterocycles. The van der Waals surface area contributed by atoms with Gasteiger partial charge in [-0.1, -0.05) is 33.6 Å². The van der Waals surface area contributed by atoms with Crippen LogP contribution in [0.25, 0.3) is 0 Å². The van der Waals surface area contributed by atoms with E-state index < -0.39 is 11.2 Å². The first-order chi connectivity index (χ1) is 9.86. The molecule has 112 valence electrons. The molecule has 21 heavy (non-hydrogen) atoms. The summed E-state index contributed by atoms with van der Waals surface area (Å²) >= 11 is 16.0. The summed E-state index contributed by atoms with van der Waals surface area (Å²) in [6.45, 7) is 3.91. The Balaban J connectivity index is 2.62. The first-order valence-corrected chi connectivity index (χ1v) is 7.90. The van der Waals surface area contributed by atoms with E-state index in [0.717, 1.165) is 32.5 Å². The Morgan fingerprint density at radius 1 is 1.24 bits per heavy atom. The lowest BCUT2D eigenvalue weighted by Crippen LogP contribution is -2.03. The molecule has 1 nitrogen and oxygen atoms in total. The maximum absolute atomic E-state index is 13.3. The second-order valence-electron chi connectivity index (χ2n) is 4.78. The molecule has 0 spiro atoms. The first kappa shape index (κ1) is 16.6. The Hall–Kier alpha value is -0.770. The highest BCUT2D eigenvalue weighted by Crippen LogP contribution is 2.42. The molecule has 0 radical (unpaired) electrons. The van der Waals surface area contributed by atoms with Gasteiger partial charge in [0.15, 0.2) is 0 Å². The topological polar surface area (TPSA) is 9.23 Å². The number of ether oxygens (including phenoxy) is 1. The fourth-order valence-corrected chi connectivity index (χ4v) is 3.43. The van der Waals surface area contributed by atoms with E-state index in [1.165, 1.54) is 6.07 Å². The zero-order chi connectivity index (χ0) is 15.7. The van der Waals surface area contributed by atoms with Gasteiger partial charge in [-0.2, -0.15) is 0 Å². The standard InChI is InChI=1S/C16H14BrCl2FO/c1-8-6-11(17)9(2)14(16(8)21-3)15(19)10-4-5-13(20)12(18)7-10/h4-7,15H,1-3H3. The van der Waals surface area contributed by atoms with E-state index >= 15 is 0 Å². The maximum Gasteiger partial charge on any atom is 0.141 e. The van der Waals surface area contributed by atoms with Gasteiger partial charge in [-0.05, 0) is 48.7 Å². The molecule has 5 heteroatoms. The molecule has 0 N–H and O–H groups in total. The van der Waals surface area contributed by atoms with Crippen molar-refractivity contribution in [3.05, 3.63) is 61.8 Å². The lowest BCUT2D eigenvalue weighted by Gasteiger charge is -2.20. The molecule has 0 saturated carbocycles. The molecule has 0 aromatic heterocycles. The van der Waals surface area contributed by atoms with Crippen LogP contribution in [0, 0.1) is 19.7 Å².